The summed E-state index contributed by atoms with van der Waals surface area (Å²) in [6.45, 7) is 1.97. The molecule has 0 amide bonds. The summed E-state index contributed by atoms with van der Waals surface area (Å²) in [4.78, 5) is 1.33. The summed E-state index contributed by atoms with van der Waals surface area (Å²) in [5, 5.41) is 2.06. The highest BCUT2D eigenvalue weighted by Gasteiger charge is 2.10. The zero-order chi connectivity index (χ0) is 12.3. The van der Waals surface area contributed by atoms with Crippen LogP contribution in [0.25, 0.3) is 0 Å². The van der Waals surface area contributed by atoms with E-state index >= 15 is 0 Å². The van der Waals surface area contributed by atoms with Gasteiger partial charge in [0.15, 0.2) is 0 Å². The van der Waals surface area contributed by atoms with E-state index in [1.54, 1.807) is 23.5 Å². The Morgan fingerprint density at radius 3 is 2.88 bits per heavy atom. The average molecular weight is 249 g/mol. The van der Waals surface area contributed by atoms with E-state index in [1.165, 1.54) is 10.9 Å². The Hall–Kier alpha value is -1.19. The van der Waals surface area contributed by atoms with E-state index in [2.05, 4.69) is 11.4 Å². The maximum Gasteiger partial charge on any atom is 0.123 e. The first kappa shape index (κ1) is 12.3. The fourth-order valence-corrected chi connectivity index (χ4v) is 2.64. The summed E-state index contributed by atoms with van der Waals surface area (Å²) < 4.78 is 13.2. The number of hydrogen-bond donors (Lipinski definition) is 1. The molecular weight excluding hydrogens is 233 g/mol. The summed E-state index contributed by atoms with van der Waals surface area (Å²) >= 11 is 1.74. The fourth-order valence-electron chi connectivity index (χ4n) is 1.92. The van der Waals surface area contributed by atoms with Gasteiger partial charge >= 0.3 is 0 Å². The molecule has 2 rings (SSSR count). The van der Waals surface area contributed by atoms with Gasteiger partial charge in [-0.05, 0) is 54.5 Å². The lowest BCUT2D eigenvalue weighted by atomic mass is 9.98. The highest BCUT2D eigenvalue weighted by Crippen LogP contribution is 2.22. The first-order valence-corrected chi connectivity index (χ1v) is 6.59. The molecule has 0 radical (unpaired) electrons. The summed E-state index contributed by atoms with van der Waals surface area (Å²) in [6, 6.07) is 8.87. The van der Waals surface area contributed by atoms with Gasteiger partial charge in [-0.15, -0.1) is 11.3 Å². The summed E-state index contributed by atoms with van der Waals surface area (Å²) in [5.74, 6) is -0.211. The van der Waals surface area contributed by atoms with Crippen LogP contribution in [-0.2, 0) is 6.42 Å². The van der Waals surface area contributed by atoms with Gasteiger partial charge in [-0.25, -0.2) is 4.39 Å². The van der Waals surface area contributed by atoms with Crippen molar-refractivity contribution in [3.63, 3.8) is 0 Å². The Morgan fingerprint density at radius 2 is 2.18 bits per heavy atom. The molecule has 0 spiro atoms. The van der Waals surface area contributed by atoms with E-state index in [9.17, 15) is 4.39 Å². The van der Waals surface area contributed by atoms with E-state index in [1.807, 2.05) is 13.0 Å². The van der Waals surface area contributed by atoms with Crippen molar-refractivity contribution >= 4 is 11.3 Å². The normalized spacial score (nSPS) is 12.6. The zero-order valence-corrected chi connectivity index (χ0v) is 10.6. The van der Waals surface area contributed by atoms with Crippen LogP contribution >= 0.6 is 11.3 Å². The highest BCUT2D eigenvalue weighted by molar-refractivity contribution is 7.09. The molecule has 0 fully saturated rings. The van der Waals surface area contributed by atoms with Crippen LogP contribution in [0.5, 0.6) is 0 Å². The molecule has 2 N–H and O–H groups in total. The number of benzene rings is 1. The number of nitrogens with two attached hydrogens (primary N) is 1. The lowest BCUT2D eigenvalue weighted by molar-refractivity contribution is 0.608. The maximum atomic E-state index is 13.2. The fraction of sp³-hybridized carbons (Fsp3) is 0.286. The number of aryl methyl sites for hydroxylation is 2. The van der Waals surface area contributed by atoms with Gasteiger partial charge in [0, 0.05) is 10.9 Å². The lowest BCUT2D eigenvalue weighted by Gasteiger charge is -2.14. The van der Waals surface area contributed by atoms with E-state index in [0.717, 1.165) is 24.0 Å². The van der Waals surface area contributed by atoms with Crippen LogP contribution in [0.2, 0.25) is 0 Å². The molecule has 90 valence electrons. The predicted octanol–water partition coefficient (Wildman–Crippen LogP) is 3.83. The second-order valence-electron chi connectivity index (χ2n) is 4.23. The Balaban J connectivity index is 2.04. The first-order chi connectivity index (χ1) is 8.16. The van der Waals surface area contributed by atoms with E-state index in [-0.39, 0.29) is 11.9 Å². The maximum absolute atomic E-state index is 13.2. The molecule has 2 aromatic rings. The molecule has 3 heteroatoms. The second kappa shape index (κ2) is 5.43. The molecule has 1 atom stereocenters. The van der Waals surface area contributed by atoms with Gasteiger partial charge in [0.25, 0.3) is 0 Å². The van der Waals surface area contributed by atoms with Crippen molar-refractivity contribution in [2.24, 2.45) is 5.73 Å². The molecule has 0 saturated heterocycles. The number of thiophene rings is 1. The van der Waals surface area contributed by atoms with Gasteiger partial charge in [0.2, 0.25) is 0 Å². The van der Waals surface area contributed by atoms with Gasteiger partial charge in [-0.3, -0.25) is 0 Å². The third kappa shape index (κ3) is 3.14. The van der Waals surface area contributed by atoms with Crippen LogP contribution in [0.4, 0.5) is 4.39 Å². The Bertz CT molecular complexity index is 479. The molecular formula is C14H16FNS. The predicted molar refractivity (Wildman–Crippen MR) is 70.7 cm³/mol. The molecule has 0 bridgehead atoms. The third-order valence-corrected chi connectivity index (χ3v) is 3.86. The highest BCUT2D eigenvalue weighted by atomic mass is 32.1. The molecule has 0 aliphatic heterocycles. The number of hydrogen-bond acceptors (Lipinski definition) is 2. The first-order valence-electron chi connectivity index (χ1n) is 5.71. The standard InChI is InChI=1S/C14H16FNS/c1-10-4-5-11(15)9-13(10)14(16)7-6-12-3-2-8-17-12/h2-5,8-9,14H,6-7,16H2,1H3. The minimum absolute atomic E-state index is 0.0900. The molecule has 0 aliphatic carbocycles. The van der Waals surface area contributed by atoms with Gasteiger partial charge < -0.3 is 5.73 Å². The van der Waals surface area contributed by atoms with Crippen molar-refractivity contribution in [2.45, 2.75) is 25.8 Å². The molecule has 17 heavy (non-hydrogen) atoms. The Labute approximate surface area is 105 Å². The zero-order valence-electron chi connectivity index (χ0n) is 9.82. The van der Waals surface area contributed by atoms with Crippen molar-refractivity contribution in [1.82, 2.24) is 0 Å². The van der Waals surface area contributed by atoms with E-state index < -0.39 is 0 Å². The van der Waals surface area contributed by atoms with Crippen LogP contribution in [0.15, 0.2) is 35.7 Å². The molecule has 0 saturated carbocycles. The van der Waals surface area contributed by atoms with Crippen LogP contribution < -0.4 is 5.73 Å². The van der Waals surface area contributed by atoms with Crippen LogP contribution in [-0.4, -0.2) is 0 Å². The SMILES string of the molecule is Cc1ccc(F)cc1C(N)CCc1cccs1. The monoisotopic (exact) mass is 249 g/mol. The summed E-state index contributed by atoms with van der Waals surface area (Å²) in [5.41, 5.74) is 8.10. The van der Waals surface area contributed by atoms with Crippen molar-refractivity contribution in [1.29, 1.82) is 0 Å². The Morgan fingerprint density at radius 1 is 1.35 bits per heavy atom. The van der Waals surface area contributed by atoms with Gasteiger partial charge in [-0.1, -0.05) is 12.1 Å². The molecule has 1 aromatic heterocycles. The van der Waals surface area contributed by atoms with Gasteiger partial charge in [0.05, 0.1) is 0 Å². The molecule has 1 nitrogen and oxygen atoms in total. The minimum Gasteiger partial charge on any atom is -0.324 e. The van der Waals surface area contributed by atoms with Crippen molar-refractivity contribution in [3.05, 3.63) is 57.5 Å². The largest absolute Gasteiger partial charge is 0.324 e. The summed E-state index contributed by atoms with van der Waals surface area (Å²) in [6.07, 6.45) is 1.81. The quantitative estimate of drug-likeness (QED) is 0.875. The van der Waals surface area contributed by atoms with E-state index in [4.69, 9.17) is 5.73 Å². The van der Waals surface area contributed by atoms with Crippen molar-refractivity contribution in [3.8, 4) is 0 Å². The number of rotatable bonds is 4. The molecule has 1 heterocycles. The summed E-state index contributed by atoms with van der Waals surface area (Å²) in [7, 11) is 0. The third-order valence-electron chi connectivity index (χ3n) is 2.92. The van der Waals surface area contributed by atoms with Crippen LogP contribution in [0, 0.1) is 12.7 Å². The Kier molecular flexibility index (Phi) is 3.92. The second-order valence-corrected chi connectivity index (χ2v) is 5.26. The lowest BCUT2D eigenvalue weighted by Crippen LogP contribution is -2.12. The number of halogens is 1. The molecule has 0 aliphatic rings. The average Bonchev–Trinajstić information content (AvgIpc) is 2.82. The van der Waals surface area contributed by atoms with E-state index in [0.29, 0.717) is 0 Å². The molecule has 1 unspecified atom stereocenters. The topological polar surface area (TPSA) is 26.0 Å². The van der Waals surface area contributed by atoms with Crippen LogP contribution in [0.1, 0.15) is 28.5 Å². The smallest absolute Gasteiger partial charge is 0.123 e. The van der Waals surface area contributed by atoms with Gasteiger partial charge in [-0.2, -0.15) is 0 Å². The molecule has 1 aromatic carbocycles. The van der Waals surface area contributed by atoms with Crippen molar-refractivity contribution in [2.75, 3.05) is 0 Å². The van der Waals surface area contributed by atoms with Crippen molar-refractivity contribution < 1.29 is 4.39 Å². The van der Waals surface area contributed by atoms with Crippen LogP contribution in [0.3, 0.4) is 0 Å². The van der Waals surface area contributed by atoms with Gasteiger partial charge in [0.1, 0.15) is 5.82 Å². The minimum atomic E-state index is -0.211.